The van der Waals surface area contributed by atoms with Crippen LogP contribution in [0.25, 0.3) is 0 Å². The molecule has 1 aliphatic rings. The summed E-state index contributed by atoms with van der Waals surface area (Å²) in [7, 11) is -3.92. The summed E-state index contributed by atoms with van der Waals surface area (Å²) in [5.41, 5.74) is 0.921. The molecule has 7 nitrogen and oxygen atoms in total. The number of sulfonamides is 1. The molecule has 8 heteroatoms. The summed E-state index contributed by atoms with van der Waals surface area (Å²) in [5.74, 6) is -1.29. The number of nitriles is 1. The lowest BCUT2D eigenvalue weighted by atomic mass is 9.94. The number of carbonyl (C=O) groups excluding carboxylic acids is 1. The SMILES string of the molecule is CCOC(=O)[C@@H](NS(=O)(=O)c1ccc(C)cc1)[C@@H]1CCO[C@H]1C#N. The molecule has 24 heavy (non-hydrogen) atoms. The second-order valence-corrected chi connectivity index (χ2v) is 7.25. The lowest BCUT2D eigenvalue weighted by Crippen LogP contribution is -2.48. The number of rotatable bonds is 6. The standard InChI is InChI=1S/C16H20N2O5S/c1-3-22-16(19)15(13-8-9-23-14(13)10-17)18-24(20,21)12-6-4-11(2)5-7-12/h4-7,13-15,18H,3,8-9H2,1-2H3/t13-,14+,15+/m1/s1. The van der Waals surface area contributed by atoms with Crippen molar-refractivity contribution in [2.45, 2.75) is 37.3 Å². The van der Waals surface area contributed by atoms with Gasteiger partial charge in [-0.2, -0.15) is 9.98 Å². The van der Waals surface area contributed by atoms with E-state index in [2.05, 4.69) is 4.72 Å². The fourth-order valence-electron chi connectivity index (χ4n) is 2.58. The zero-order valence-corrected chi connectivity index (χ0v) is 14.4. The summed E-state index contributed by atoms with van der Waals surface area (Å²) in [4.78, 5) is 12.3. The Kier molecular flexibility index (Phi) is 5.94. The van der Waals surface area contributed by atoms with Crippen LogP contribution in [0.4, 0.5) is 0 Å². The molecular weight excluding hydrogens is 332 g/mol. The van der Waals surface area contributed by atoms with Crippen molar-refractivity contribution in [1.82, 2.24) is 4.72 Å². The van der Waals surface area contributed by atoms with Crippen LogP contribution in [0.15, 0.2) is 29.2 Å². The molecule has 0 bridgehead atoms. The van der Waals surface area contributed by atoms with Crippen molar-refractivity contribution in [1.29, 1.82) is 5.26 Å². The van der Waals surface area contributed by atoms with Gasteiger partial charge in [-0.15, -0.1) is 0 Å². The summed E-state index contributed by atoms with van der Waals surface area (Å²) >= 11 is 0. The molecule has 0 spiro atoms. The predicted molar refractivity (Wildman–Crippen MR) is 85.4 cm³/mol. The molecule has 0 saturated carbocycles. The number of ether oxygens (including phenoxy) is 2. The number of nitrogens with one attached hydrogen (secondary N) is 1. The minimum Gasteiger partial charge on any atom is -0.465 e. The Balaban J connectivity index is 2.29. The Labute approximate surface area is 141 Å². The summed E-state index contributed by atoms with van der Waals surface area (Å²) in [6.07, 6.45) is -0.446. The maximum Gasteiger partial charge on any atom is 0.324 e. The van der Waals surface area contributed by atoms with Gasteiger partial charge in [-0.05, 0) is 32.4 Å². The van der Waals surface area contributed by atoms with Gasteiger partial charge in [0.1, 0.15) is 12.1 Å². The van der Waals surface area contributed by atoms with E-state index in [0.29, 0.717) is 13.0 Å². The number of esters is 1. The van der Waals surface area contributed by atoms with Gasteiger partial charge in [-0.1, -0.05) is 17.7 Å². The zero-order chi connectivity index (χ0) is 17.7. The summed E-state index contributed by atoms with van der Waals surface area (Å²) in [6.45, 7) is 3.90. The highest BCUT2D eigenvalue weighted by atomic mass is 32.2. The predicted octanol–water partition coefficient (Wildman–Crippen LogP) is 1.13. The second-order valence-electron chi connectivity index (χ2n) is 5.54. The van der Waals surface area contributed by atoms with Crippen LogP contribution in [0, 0.1) is 24.2 Å². The first-order valence-corrected chi connectivity index (χ1v) is 9.14. The number of nitrogens with zero attached hydrogens (tertiary/aromatic N) is 1. The summed E-state index contributed by atoms with van der Waals surface area (Å²) in [6, 6.07) is 7.07. The van der Waals surface area contributed by atoms with Crippen molar-refractivity contribution in [3.05, 3.63) is 29.8 Å². The lowest BCUT2D eigenvalue weighted by molar-refractivity contribution is -0.146. The van der Waals surface area contributed by atoms with Gasteiger partial charge in [-0.25, -0.2) is 8.42 Å². The Hall–Kier alpha value is -1.95. The molecule has 0 amide bonds. The van der Waals surface area contributed by atoms with E-state index in [-0.39, 0.29) is 11.5 Å². The third-order valence-electron chi connectivity index (χ3n) is 3.85. The van der Waals surface area contributed by atoms with Crippen molar-refractivity contribution >= 4 is 16.0 Å². The Morgan fingerprint density at radius 2 is 2.12 bits per heavy atom. The number of hydrogen-bond donors (Lipinski definition) is 1. The third kappa shape index (κ3) is 4.12. The van der Waals surface area contributed by atoms with Gasteiger partial charge >= 0.3 is 5.97 Å². The van der Waals surface area contributed by atoms with E-state index in [9.17, 15) is 13.2 Å². The Morgan fingerprint density at radius 3 is 2.71 bits per heavy atom. The van der Waals surface area contributed by atoms with Gasteiger partial charge in [0.25, 0.3) is 0 Å². The number of aryl methyl sites for hydroxylation is 1. The van der Waals surface area contributed by atoms with E-state index in [1.54, 1.807) is 19.1 Å². The molecule has 0 unspecified atom stereocenters. The van der Waals surface area contributed by atoms with E-state index in [1.807, 2.05) is 13.0 Å². The van der Waals surface area contributed by atoms with E-state index < -0.39 is 34.1 Å². The van der Waals surface area contributed by atoms with Crippen LogP contribution < -0.4 is 4.72 Å². The first-order chi connectivity index (χ1) is 11.4. The molecule has 1 aromatic carbocycles. The molecule has 1 aliphatic heterocycles. The first kappa shape index (κ1) is 18.4. The van der Waals surface area contributed by atoms with Crippen LogP contribution in [-0.2, 0) is 24.3 Å². The average molecular weight is 352 g/mol. The maximum atomic E-state index is 12.6. The van der Waals surface area contributed by atoms with Crippen molar-refractivity contribution in [3.63, 3.8) is 0 Å². The molecule has 0 radical (unpaired) electrons. The molecule has 1 aromatic rings. The van der Waals surface area contributed by atoms with E-state index >= 15 is 0 Å². The van der Waals surface area contributed by atoms with Crippen LogP contribution in [0.3, 0.4) is 0 Å². The monoisotopic (exact) mass is 352 g/mol. The molecule has 3 atom stereocenters. The molecule has 1 saturated heterocycles. The van der Waals surface area contributed by atoms with Gasteiger partial charge in [0, 0.05) is 12.5 Å². The number of hydrogen-bond acceptors (Lipinski definition) is 6. The highest BCUT2D eigenvalue weighted by molar-refractivity contribution is 7.89. The third-order valence-corrected chi connectivity index (χ3v) is 5.30. The Morgan fingerprint density at radius 1 is 1.46 bits per heavy atom. The molecule has 1 N–H and O–H groups in total. The fourth-order valence-corrected chi connectivity index (χ4v) is 3.81. The zero-order valence-electron chi connectivity index (χ0n) is 13.6. The number of benzene rings is 1. The highest BCUT2D eigenvalue weighted by Gasteiger charge is 2.41. The Bertz CT molecular complexity index is 724. The van der Waals surface area contributed by atoms with Crippen molar-refractivity contribution < 1.29 is 22.7 Å². The number of carbonyl (C=O) groups is 1. The fraction of sp³-hybridized carbons (Fsp3) is 0.500. The van der Waals surface area contributed by atoms with Crippen molar-refractivity contribution in [2.24, 2.45) is 5.92 Å². The summed E-state index contributed by atoms with van der Waals surface area (Å²) in [5, 5.41) is 9.14. The molecule has 0 aliphatic carbocycles. The smallest absolute Gasteiger partial charge is 0.324 e. The summed E-state index contributed by atoms with van der Waals surface area (Å²) < 4.78 is 37.8. The molecule has 0 aromatic heterocycles. The van der Waals surface area contributed by atoms with Crippen LogP contribution in [0.2, 0.25) is 0 Å². The van der Waals surface area contributed by atoms with Gasteiger partial charge in [0.2, 0.25) is 10.0 Å². The normalized spacial score (nSPS) is 21.9. The van der Waals surface area contributed by atoms with E-state index in [4.69, 9.17) is 14.7 Å². The quantitative estimate of drug-likeness (QED) is 0.770. The maximum absolute atomic E-state index is 12.6. The van der Waals surface area contributed by atoms with Gasteiger partial charge < -0.3 is 9.47 Å². The lowest BCUT2D eigenvalue weighted by Gasteiger charge is -2.23. The second kappa shape index (κ2) is 7.75. The molecule has 1 fully saturated rings. The van der Waals surface area contributed by atoms with E-state index in [0.717, 1.165) is 5.56 Å². The molecule has 2 rings (SSSR count). The molecule has 130 valence electrons. The largest absolute Gasteiger partial charge is 0.465 e. The van der Waals surface area contributed by atoms with Gasteiger partial charge in [0.15, 0.2) is 0 Å². The van der Waals surface area contributed by atoms with Gasteiger partial charge in [-0.3, -0.25) is 4.79 Å². The minimum atomic E-state index is -3.92. The molecular formula is C16H20N2O5S. The molecule has 1 heterocycles. The minimum absolute atomic E-state index is 0.0508. The highest BCUT2D eigenvalue weighted by Crippen LogP contribution is 2.26. The topological polar surface area (TPSA) is 105 Å². The van der Waals surface area contributed by atoms with Crippen molar-refractivity contribution in [3.8, 4) is 6.07 Å². The van der Waals surface area contributed by atoms with Crippen LogP contribution in [0.1, 0.15) is 18.9 Å². The van der Waals surface area contributed by atoms with Crippen LogP contribution in [-0.4, -0.2) is 39.7 Å². The van der Waals surface area contributed by atoms with Crippen LogP contribution >= 0.6 is 0 Å². The van der Waals surface area contributed by atoms with Crippen LogP contribution in [0.5, 0.6) is 0 Å². The van der Waals surface area contributed by atoms with Gasteiger partial charge in [0.05, 0.1) is 17.6 Å². The average Bonchev–Trinajstić information content (AvgIpc) is 3.01. The first-order valence-electron chi connectivity index (χ1n) is 7.66. The van der Waals surface area contributed by atoms with E-state index in [1.165, 1.54) is 12.1 Å². The van der Waals surface area contributed by atoms with Crippen molar-refractivity contribution in [2.75, 3.05) is 13.2 Å².